The number of hydrogen-bond donors (Lipinski definition) is 1. The monoisotopic (exact) mass is 190 g/mol. The maximum atomic E-state index is 5.51. The minimum Gasteiger partial charge on any atom is -0.325 e. The fourth-order valence-electron chi connectivity index (χ4n) is 1.15. The molecule has 0 aliphatic heterocycles. The van der Waals surface area contributed by atoms with E-state index in [1.54, 1.807) is 11.3 Å². The number of hydrogen-bond acceptors (Lipinski definition) is 3. The molecule has 0 bridgehead atoms. The van der Waals surface area contributed by atoms with Crippen molar-refractivity contribution in [3.8, 4) is 10.6 Å². The van der Waals surface area contributed by atoms with Crippen LogP contribution in [0.25, 0.3) is 10.6 Å². The van der Waals surface area contributed by atoms with Gasteiger partial charge in [0.15, 0.2) is 0 Å². The van der Waals surface area contributed by atoms with Crippen LogP contribution in [0.3, 0.4) is 0 Å². The fourth-order valence-corrected chi connectivity index (χ4v) is 1.85. The lowest BCUT2D eigenvalue weighted by Crippen LogP contribution is -1.99. The Balaban J connectivity index is 2.41. The number of thiophene rings is 1. The molecule has 0 spiro atoms. The molecule has 0 aliphatic rings. The predicted octanol–water partition coefficient (Wildman–Crippen LogP) is 2.27. The Bertz CT molecular complexity index is 382. The second-order valence-corrected chi connectivity index (χ2v) is 3.64. The Labute approximate surface area is 81.1 Å². The van der Waals surface area contributed by atoms with Crippen molar-refractivity contribution in [2.75, 3.05) is 0 Å². The standard InChI is InChI=1S/C10H10N2S/c11-7-8-3-1-4-9(12-8)10-5-2-6-13-10/h1-6H,7,11H2. The summed E-state index contributed by atoms with van der Waals surface area (Å²) in [6, 6.07) is 10.0. The molecule has 0 unspecified atom stereocenters. The highest BCUT2D eigenvalue weighted by atomic mass is 32.1. The van der Waals surface area contributed by atoms with Gasteiger partial charge in [-0.2, -0.15) is 0 Å². The first-order chi connectivity index (χ1) is 6.40. The lowest BCUT2D eigenvalue weighted by Gasteiger charge is -1.99. The zero-order chi connectivity index (χ0) is 9.10. The van der Waals surface area contributed by atoms with E-state index in [1.165, 1.54) is 4.88 Å². The molecule has 2 aromatic rings. The predicted molar refractivity (Wildman–Crippen MR) is 55.4 cm³/mol. The summed E-state index contributed by atoms with van der Waals surface area (Å²) >= 11 is 1.69. The van der Waals surface area contributed by atoms with Crippen molar-refractivity contribution >= 4 is 11.3 Å². The smallest absolute Gasteiger partial charge is 0.0805 e. The minimum atomic E-state index is 0.499. The van der Waals surface area contributed by atoms with Gasteiger partial charge in [-0.3, -0.25) is 4.98 Å². The van der Waals surface area contributed by atoms with E-state index in [0.717, 1.165) is 11.4 Å². The van der Waals surface area contributed by atoms with Crippen molar-refractivity contribution in [2.45, 2.75) is 6.54 Å². The van der Waals surface area contributed by atoms with Crippen molar-refractivity contribution in [2.24, 2.45) is 5.73 Å². The van der Waals surface area contributed by atoms with Crippen molar-refractivity contribution in [1.29, 1.82) is 0 Å². The highest BCUT2D eigenvalue weighted by Crippen LogP contribution is 2.22. The van der Waals surface area contributed by atoms with Crippen LogP contribution < -0.4 is 5.73 Å². The molecule has 0 amide bonds. The van der Waals surface area contributed by atoms with Gasteiger partial charge in [-0.1, -0.05) is 12.1 Å². The van der Waals surface area contributed by atoms with Crippen molar-refractivity contribution in [3.05, 3.63) is 41.4 Å². The topological polar surface area (TPSA) is 38.9 Å². The number of nitrogens with two attached hydrogens (primary N) is 1. The van der Waals surface area contributed by atoms with E-state index in [2.05, 4.69) is 11.1 Å². The molecule has 0 aliphatic carbocycles. The third-order valence-corrected chi connectivity index (χ3v) is 2.68. The average Bonchev–Trinajstić information content (AvgIpc) is 2.71. The number of rotatable bonds is 2. The molecule has 3 heteroatoms. The van der Waals surface area contributed by atoms with Crippen molar-refractivity contribution in [1.82, 2.24) is 4.98 Å². The van der Waals surface area contributed by atoms with Gasteiger partial charge in [0.25, 0.3) is 0 Å². The summed E-state index contributed by atoms with van der Waals surface area (Å²) in [6.45, 7) is 0.499. The summed E-state index contributed by atoms with van der Waals surface area (Å²) in [4.78, 5) is 5.61. The second-order valence-electron chi connectivity index (χ2n) is 2.70. The second kappa shape index (κ2) is 3.68. The van der Waals surface area contributed by atoms with Crippen LogP contribution in [0.15, 0.2) is 35.7 Å². The summed E-state index contributed by atoms with van der Waals surface area (Å²) < 4.78 is 0. The van der Waals surface area contributed by atoms with Gasteiger partial charge in [0.05, 0.1) is 16.3 Å². The number of nitrogens with zero attached hydrogens (tertiary/aromatic N) is 1. The summed E-state index contributed by atoms with van der Waals surface area (Å²) in [5.74, 6) is 0. The minimum absolute atomic E-state index is 0.499. The highest BCUT2D eigenvalue weighted by Gasteiger charge is 1.99. The summed E-state index contributed by atoms with van der Waals surface area (Å²) in [5.41, 5.74) is 7.46. The summed E-state index contributed by atoms with van der Waals surface area (Å²) in [6.07, 6.45) is 0. The maximum Gasteiger partial charge on any atom is 0.0805 e. The Morgan fingerprint density at radius 2 is 2.15 bits per heavy atom. The molecule has 0 radical (unpaired) electrons. The van der Waals surface area contributed by atoms with Crippen LogP contribution in [0.2, 0.25) is 0 Å². The summed E-state index contributed by atoms with van der Waals surface area (Å²) in [5, 5.41) is 2.05. The zero-order valence-electron chi connectivity index (χ0n) is 7.10. The van der Waals surface area contributed by atoms with E-state index in [4.69, 9.17) is 5.73 Å². The molecule has 0 fully saturated rings. The van der Waals surface area contributed by atoms with Crippen LogP contribution in [-0.4, -0.2) is 4.98 Å². The molecule has 2 nitrogen and oxygen atoms in total. The number of aromatic nitrogens is 1. The molecule has 0 saturated carbocycles. The third-order valence-electron chi connectivity index (χ3n) is 1.79. The lowest BCUT2D eigenvalue weighted by atomic mass is 10.2. The van der Waals surface area contributed by atoms with E-state index < -0.39 is 0 Å². The van der Waals surface area contributed by atoms with Crippen molar-refractivity contribution < 1.29 is 0 Å². The zero-order valence-corrected chi connectivity index (χ0v) is 7.92. The van der Waals surface area contributed by atoms with Crippen LogP contribution in [0, 0.1) is 0 Å². The first-order valence-corrected chi connectivity index (χ1v) is 4.98. The molecule has 2 rings (SSSR count). The quantitative estimate of drug-likeness (QED) is 0.789. The van der Waals surface area contributed by atoms with Crippen LogP contribution in [-0.2, 0) is 6.54 Å². The normalized spacial score (nSPS) is 10.2. The highest BCUT2D eigenvalue weighted by molar-refractivity contribution is 7.13. The Kier molecular flexibility index (Phi) is 2.38. The average molecular weight is 190 g/mol. The molecular weight excluding hydrogens is 180 g/mol. The van der Waals surface area contributed by atoms with Crippen LogP contribution >= 0.6 is 11.3 Å². The van der Waals surface area contributed by atoms with E-state index in [0.29, 0.717) is 6.54 Å². The largest absolute Gasteiger partial charge is 0.325 e. The first kappa shape index (κ1) is 8.41. The van der Waals surface area contributed by atoms with E-state index >= 15 is 0 Å². The SMILES string of the molecule is NCc1cccc(-c2cccs2)n1. The van der Waals surface area contributed by atoms with E-state index in [9.17, 15) is 0 Å². The van der Waals surface area contributed by atoms with E-state index in [1.807, 2.05) is 29.6 Å². The third kappa shape index (κ3) is 1.76. The number of pyridine rings is 1. The van der Waals surface area contributed by atoms with Gasteiger partial charge in [-0.25, -0.2) is 0 Å². The lowest BCUT2D eigenvalue weighted by molar-refractivity contribution is 0.995. The molecule has 66 valence electrons. The van der Waals surface area contributed by atoms with Gasteiger partial charge >= 0.3 is 0 Å². The molecule has 0 saturated heterocycles. The fraction of sp³-hybridized carbons (Fsp3) is 0.100. The molecule has 2 heterocycles. The molecule has 2 aromatic heterocycles. The Morgan fingerprint density at radius 3 is 2.85 bits per heavy atom. The van der Waals surface area contributed by atoms with Crippen LogP contribution in [0.5, 0.6) is 0 Å². The Hall–Kier alpha value is -1.19. The first-order valence-electron chi connectivity index (χ1n) is 4.10. The van der Waals surface area contributed by atoms with Gasteiger partial charge in [-0.05, 0) is 23.6 Å². The van der Waals surface area contributed by atoms with E-state index in [-0.39, 0.29) is 0 Å². The molecule has 2 N–H and O–H groups in total. The summed E-state index contributed by atoms with van der Waals surface area (Å²) in [7, 11) is 0. The van der Waals surface area contributed by atoms with Crippen LogP contribution in [0.4, 0.5) is 0 Å². The molecular formula is C10H10N2S. The van der Waals surface area contributed by atoms with Gasteiger partial charge < -0.3 is 5.73 Å². The van der Waals surface area contributed by atoms with Gasteiger partial charge in [0.2, 0.25) is 0 Å². The van der Waals surface area contributed by atoms with Gasteiger partial charge in [-0.15, -0.1) is 11.3 Å². The van der Waals surface area contributed by atoms with Gasteiger partial charge in [0, 0.05) is 6.54 Å². The van der Waals surface area contributed by atoms with Gasteiger partial charge in [0.1, 0.15) is 0 Å². The Morgan fingerprint density at radius 1 is 1.23 bits per heavy atom. The molecule has 13 heavy (non-hydrogen) atoms. The molecule has 0 atom stereocenters. The van der Waals surface area contributed by atoms with Crippen molar-refractivity contribution in [3.63, 3.8) is 0 Å². The molecule has 0 aromatic carbocycles. The maximum absolute atomic E-state index is 5.51. The van der Waals surface area contributed by atoms with Crippen LogP contribution in [0.1, 0.15) is 5.69 Å².